The van der Waals surface area contributed by atoms with Crippen molar-refractivity contribution < 1.29 is 4.79 Å². The molecule has 1 aromatic heterocycles. The van der Waals surface area contributed by atoms with Crippen LogP contribution in [0.25, 0.3) is 0 Å². The molecule has 0 saturated heterocycles. The largest absolute Gasteiger partial charge is 0.380 e. The third-order valence-corrected chi connectivity index (χ3v) is 4.82. The van der Waals surface area contributed by atoms with E-state index in [0.717, 1.165) is 16.9 Å². The molecule has 0 atom stereocenters. The quantitative estimate of drug-likeness (QED) is 0.567. The van der Waals surface area contributed by atoms with Crippen molar-refractivity contribution in [3.63, 3.8) is 0 Å². The highest BCUT2D eigenvalue weighted by Gasteiger charge is 2.14. The van der Waals surface area contributed by atoms with Crippen LogP contribution in [0.5, 0.6) is 0 Å². The van der Waals surface area contributed by atoms with Gasteiger partial charge in [-0.3, -0.25) is 9.78 Å². The van der Waals surface area contributed by atoms with E-state index < -0.39 is 0 Å². The minimum Gasteiger partial charge on any atom is -0.380 e. The first-order valence-electron chi connectivity index (χ1n) is 9.17. The zero-order chi connectivity index (χ0) is 20.1. The molecule has 0 saturated carbocycles. The Kier molecular flexibility index (Phi) is 6.00. The maximum atomic E-state index is 12.6. The lowest BCUT2D eigenvalue weighted by Gasteiger charge is -2.19. The number of carbonyl (C=O) groups excluding carboxylic acids is 1. The minimum atomic E-state index is -0.197. The van der Waals surface area contributed by atoms with Gasteiger partial charge in [-0.05, 0) is 40.8 Å². The lowest BCUT2D eigenvalue weighted by molar-refractivity contribution is 0.102. The number of hydrogen-bond acceptors (Lipinski definition) is 3. The molecule has 0 aliphatic carbocycles. The SMILES string of the molecule is CC(C)(C)c1ccc(NC(=O)c2cncc(NCc3ccccc3Cl)c2)cc1. The molecular weight excluding hydrogens is 370 g/mol. The molecular formula is C23H24ClN3O. The summed E-state index contributed by atoms with van der Waals surface area (Å²) in [5, 5.41) is 6.88. The number of aromatic nitrogens is 1. The van der Waals surface area contributed by atoms with Crippen molar-refractivity contribution in [3.05, 3.63) is 88.7 Å². The van der Waals surface area contributed by atoms with Crippen LogP contribution >= 0.6 is 11.6 Å². The van der Waals surface area contributed by atoms with Gasteiger partial charge in [0.2, 0.25) is 0 Å². The zero-order valence-corrected chi connectivity index (χ0v) is 17.0. The maximum Gasteiger partial charge on any atom is 0.257 e. The van der Waals surface area contributed by atoms with E-state index in [4.69, 9.17) is 11.6 Å². The number of benzene rings is 2. The topological polar surface area (TPSA) is 54.0 Å². The Morgan fingerprint density at radius 1 is 1.00 bits per heavy atom. The van der Waals surface area contributed by atoms with Gasteiger partial charge < -0.3 is 10.6 Å². The van der Waals surface area contributed by atoms with Gasteiger partial charge in [0.15, 0.2) is 0 Å². The van der Waals surface area contributed by atoms with E-state index in [0.29, 0.717) is 17.1 Å². The molecule has 0 aliphatic rings. The lowest BCUT2D eigenvalue weighted by atomic mass is 9.87. The number of amides is 1. The molecule has 1 heterocycles. The van der Waals surface area contributed by atoms with Crippen molar-refractivity contribution in [1.29, 1.82) is 0 Å². The molecule has 5 heteroatoms. The summed E-state index contributed by atoms with van der Waals surface area (Å²) in [6.45, 7) is 7.04. The number of nitrogens with one attached hydrogen (secondary N) is 2. The number of nitrogens with zero attached hydrogens (tertiary/aromatic N) is 1. The molecule has 144 valence electrons. The van der Waals surface area contributed by atoms with Crippen molar-refractivity contribution >= 4 is 28.9 Å². The molecule has 2 N–H and O–H groups in total. The molecule has 28 heavy (non-hydrogen) atoms. The lowest BCUT2D eigenvalue weighted by Crippen LogP contribution is -2.14. The third kappa shape index (κ3) is 5.11. The second-order valence-electron chi connectivity index (χ2n) is 7.69. The van der Waals surface area contributed by atoms with Crippen LogP contribution in [0.3, 0.4) is 0 Å². The Morgan fingerprint density at radius 3 is 2.39 bits per heavy atom. The number of hydrogen-bond donors (Lipinski definition) is 2. The first-order chi connectivity index (χ1) is 13.3. The van der Waals surface area contributed by atoms with Gasteiger partial charge in [0.05, 0.1) is 11.3 Å². The summed E-state index contributed by atoms with van der Waals surface area (Å²) in [6, 6.07) is 17.3. The van der Waals surface area contributed by atoms with Crippen LogP contribution in [0, 0.1) is 0 Å². The first kappa shape index (κ1) is 19.9. The smallest absolute Gasteiger partial charge is 0.257 e. The summed E-state index contributed by atoms with van der Waals surface area (Å²) in [6.07, 6.45) is 3.24. The van der Waals surface area contributed by atoms with Crippen LogP contribution in [0.4, 0.5) is 11.4 Å². The van der Waals surface area contributed by atoms with Gasteiger partial charge in [-0.2, -0.15) is 0 Å². The van der Waals surface area contributed by atoms with Crippen LogP contribution in [-0.2, 0) is 12.0 Å². The van der Waals surface area contributed by atoms with Gasteiger partial charge in [-0.15, -0.1) is 0 Å². The molecule has 0 unspecified atom stereocenters. The Bertz CT molecular complexity index is 962. The van der Waals surface area contributed by atoms with Gasteiger partial charge >= 0.3 is 0 Å². The van der Waals surface area contributed by atoms with E-state index in [-0.39, 0.29) is 11.3 Å². The molecule has 0 bridgehead atoms. The number of pyridine rings is 1. The molecule has 1 amide bonds. The van der Waals surface area contributed by atoms with Gasteiger partial charge in [-0.25, -0.2) is 0 Å². The van der Waals surface area contributed by atoms with Gasteiger partial charge in [0.1, 0.15) is 0 Å². The Balaban J connectivity index is 1.66. The molecule has 0 fully saturated rings. The molecule has 0 spiro atoms. The molecule has 0 radical (unpaired) electrons. The Morgan fingerprint density at radius 2 is 1.71 bits per heavy atom. The highest BCUT2D eigenvalue weighted by atomic mass is 35.5. The van der Waals surface area contributed by atoms with Crippen LogP contribution in [0.1, 0.15) is 42.3 Å². The van der Waals surface area contributed by atoms with Gasteiger partial charge in [0.25, 0.3) is 5.91 Å². The molecule has 2 aromatic carbocycles. The summed E-state index contributed by atoms with van der Waals surface area (Å²) in [5.41, 5.74) is 4.29. The van der Waals surface area contributed by atoms with Crippen molar-refractivity contribution in [1.82, 2.24) is 4.98 Å². The van der Waals surface area contributed by atoms with Crippen molar-refractivity contribution in [2.45, 2.75) is 32.7 Å². The zero-order valence-electron chi connectivity index (χ0n) is 16.3. The van der Waals surface area contributed by atoms with E-state index in [1.54, 1.807) is 18.5 Å². The van der Waals surface area contributed by atoms with E-state index in [1.165, 1.54) is 5.56 Å². The van der Waals surface area contributed by atoms with Crippen LogP contribution in [0.2, 0.25) is 5.02 Å². The second-order valence-corrected chi connectivity index (χ2v) is 8.10. The maximum absolute atomic E-state index is 12.6. The second kappa shape index (κ2) is 8.44. The summed E-state index contributed by atoms with van der Waals surface area (Å²) in [4.78, 5) is 16.7. The molecule has 3 aromatic rings. The average Bonchev–Trinajstić information content (AvgIpc) is 2.67. The normalized spacial score (nSPS) is 11.1. The molecule has 0 aliphatic heterocycles. The number of halogens is 1. The van der Waals surface area contributed by atoms with E-state index >= 15 is 0 Å². The van der Waals surface area contributed by atoms with E-state index in [9.17, 15) is 4.79 Å². The van der Waals surface area contributed by atoms with Crippen LogP contribution < -0.4 is 10.6 Å². The Labute approximate surface area is 171 Å². The summed E-state index contributed by atoms with van der Waals surface area (Å²) < 4.78 is 0. The Hall–Kier alpha value is -2.85. The average molecular weight is 394 g/mol. The van der Waals surface area contributed by atoms with E-state index in [2.05, 4.69) is 36.4 Å². The van der Waals surface area contributed by atoms with Crippen LogP contribution in [0.15, 0.2) is 67.0 Å². The molecule has 4 nitrogen and oxygen atoms in total. The van der Waals surface area contributed by atoms with Crippen molar-refractivity contribution in [2.75, 3.05) is 10.6 Å². The number of anilines is 2. The highest BCUT2D eigenvalue weighted by molar-refractivity contribution is 6.31. The fourth-order valence-corrected chi connectivity index (χ4v) is 2.96. The van der Waals surface area contributed by atoms with E-state index in [1.807, 2.05) is 48.5 Å². The fourth-order valence-electron chi connectivity index (χ4n) is 2.76. The highest BCUT2D eigenvalue weighted by Crippen LogP contribution is 2.24. The predicted molar refractivity (Wildman–Crippen MR) is 116 cm³/mol. The standard InChI is InChI=1S/C23H24ClN3O/c1-23(2,3)18-8-10-19(11-9-18)27-22(28)17-12-20(15-25-13-17)26-14-16-6-4-5-7-21(16)24/h4-13,15,26H,14H2,1-3H3,(H,27,28). The van der Waals surface area contributed by atoms with Gasteiger partial charge in [0, 0.05) is 29.6 Å². The summed E-state index contributed by atoms with van der Waals surface area (Å²) in [5.74, 6) is -0.197. The fraction of sp³-hybridized carbons (Fsp3) is 0.217. The first-order valence-corrected chi connectivity index (χ1v) is 9.55. The van der Waals surface area contributed by atoms with Gasteiger partial charge in [-0.1, -0.05) is 62.7 Å². The predicted octanol–water partition coefficient (Wildman–Crippen LogP) is 5.90. The summed E-state index contributed by atoms with van der Waals surface area (Å²) >= 11 is 6.18. The number of rotatable bonds is 5. The minimum absolute atomic E-state index is 0.0775. The monoisotopic (exact) mass is 393 g/mol. The van der Waals surface area contributed by atoms with Crippen molar-refractivity contribution in [3.8, 4) is 0 Å². The molecule has 3 rings (SSSR count). The summed E-state index contributed by atoms with van der Waals surface area (Å²) in [7, 11) is 0. The third-order valence-electron chi connectivity index (χ3n) is 4.45. The van der Waals surface area contributed by atoms with Crippen molar-refractivity contribution in [2.24, 2.45) is 0 Å². The number of carbonyl (C=O) groups is 1. The van der Waals surface area contributed by atoms with Crippen LogP contribution in [-0.4, -0.2) is 10.9 Å².